The second kappa shape index (κ2) is 5.80. The van der Waals surface area contributed by atoms with Gasteiger partial charge in [-0.1, -0.05) is 0 Å². The first-order valence-electron chi connectivity index (χ1n) is 7.58. The number of carbonyl (C=O) groups excluding carboxylic acids is 3. The maximum absolute atomic E-state index is 12.7. The average Bonchev–Trinajstić information content (AvgIpc) is 3.06. The van der Waals surface area contributed by atoms with E-state index in [0.717, 1.165) is 0 Å². The lowest BCUT2D eigenvalue weighted by Gasteiger charge is -2.27. The SMILES string of the molecule is COc1ccc(C2(C)OC(N3C(=O)CCC3=O)=C(O)C2=O)c(OC)c1. The van der Waals surface area contributed by atoms with Crippen molar-refractivity contribution in [3.63, 3.8) is 0 Å². The van der Waals surface area contributed by atoms with Gasteiger partial charge in [-0.25, -0.2) is 4.90 Å². The number of carbonyl (C=O) groups is 3. The predicted octanol–water partition coefficient (Wildman–Crippen LogP) is 1.39. The van der Waals surface area contributed by atoms with Crippen molar-refractivity contribution in [1.29, 1.82) is 0 Å². The fourth-order valence-corrected chi connectivity index (χ4v) is 2.94. The number of ketones is 1. The van der Waals surface area contributed by atoms with Crippen LogP contribution in [0.25, 0.3) is 0 Å². The van der Waals surface area contributed by atoms with Crippen LogP contribution in [-0.4, -0.2) is 41.8 Å². The van der Waals surface area contributed by atoms with Crippen molar-refractivity contribution < 1.29 is 33.7 Å². The number of benzene rings is 1. The number of aliphatic hydroxyl groups is 1. The molecule has 1 atom stereocenters. The van der Waals surface area contributed by atoms with Gasteiger partial charge in [0.2, 0.25) is 23.2 Å². The first-order chi connectivity index (χ1) is 11.8. The molecule has 0 aromatic heterocycles. The summed E-state index contributed by atoms with van der Waals surface area (Å²) in [5.74, 6) is -2.18. The van der Waals surface area contributed by atoms with Gasteiger partial charge in [-0.15, -0.1) is 0 Å². The Labute approximate surface area is 143 Å². The standard InChI is InChI=1S/C17H17NO7/c1-17(10-5-4-9(23-2)8-11(10)24-3)15(22)14(21)16(25-17)18-12(19)6-7-13(18)20/h4-5,8,21H,6-7H2,1-3H3. The number of imide groups is 1. The van der Waals surface area contributed by atoms with E-state index in [0.29, 0.717) is 22.0 Å². The van der Waals surface area contributed by atoms with Crippen LogP contribution in [0.15, 0.2) is 29.8 Å². The number of ether oxygens (including phenoxy) is 3. The van der Waals surface area contributed by atoms with Crippen LogP contribution in [0.4, 0.5) is 0 Å². The Morgan fingerprint density at radius 3 is 2.32 bits per heavy atom. The minimum Gasteiger partial charge on any atom is -0.501 e. The molecule has 0 bridgehead atoms. The van der Waals surface area contributed by atoms with Crippen LogP contribution in [0.2, 0.25) is 0 Å². The molecule has 0 spiro atoms. The smallest absolute Gasteiger partial charge is 0.252 e. The van der Waals surface area contributed by atoms with E-state index in [2.05, 4.69) is 0 Å². The highest BCUT2D eigenvalue weighted by Gasteiger charge is 2.53. The zero-order valence-electron chi connectivity index (χ0n) is 14.0. The van der Waals surface area contributed by atoms with E-state index in [1.165, 1.54) is 21.1 Å². The number of aliphatic hydroxyl groups excluding tert-OH is 1. The molecular weight excluding hydrogens is 330 g/mol. The third-order valence-corrected chi connectivity index (χ3v) is 4.33. The summed E-state index contributed by atoms with van der Waals surface area (Å²) in [5, 5.41) is 10.2. The van der Waals surface area contributed by atoms with Gasteiger partial charge in [0, 0.05) is 24.5 Å². The van der Waals surface area contributed by atoms with E-state index in [-0.39, 0.29) is 12.8 Å². The lowest BCUT2D eigenvalue weighted by Crippen LogP contribution is -2.34. The van der Waals surface area contributed by atoms with Crippen LogP contribution in [0, 0.1) is 0 Å². The third kappa shape index (κ3) is 2.41. The van der Waals surface area contributed by atoms with Crippen LogP contribution < -0.4 is 9.47 Å². The summed E-state index contributed by atoms with van der Waals surface area (Å²) in [5.41, 5.74) is -1.30. The molecule has 1 saturated heterocycles. The molecule has 132 valence electrons. The number of rotatable bonds is 4. The molecule has 8 heteroatoms. The predicted molar refractivity (Wildman–Crippen MR) is 83.7 cm³/mol. The van der Waals surface area contributed by atoms with Gasteiger partial charge in [0.25, 0.3) is 11.7 Å². The van der Waals surface area contributed by atoms with E-state index < -0.39 is 34.8 Å². The van der Waals surface area contributed by atoms with Crippen LogP contribution in [0.1, 0.15) is 25.3 Å². The van der Waals surface area contributed by atoms with Crippen molar-refractivity contribution in [3.8, 4) is 11.5 Å². The summed E-state index contributed by atoms with van der Waals surface area (Å²) in [6, 6.07) is 4.75. The zero-order valence-corrected chi connectivity index (χ0v) is 14.0. The Kier molecular flexibility index (Phi) is 3.90. The number of amides is 2. The van der Waals surface area contributed by atoms with Gasteiger partial charge in [-0.2, -0.15) is 0 Å². The average molecular weight is 347 g/mol. The maximum Gasteiger partial charge on any atom is 0.252 e. The molecule has 3 rings (SSSR count). The van der Waals surface area contributed by atoms with Crippen molar-refractivity contribution >= 4 is 17.6 Å². The monoisotopic (exact) mass is 347 g/mol. The number of nitrogens with zero attached hydrogens (tertiary/aromatic N) is 1. The summed E-state index contributed by atoms with van der Waals surface area (Å²) in [4.78, 5) is 37.2. The normalized spacial score (nSPS) is 23.3. The minimum atomic E-state index is -1.64. The van der Waals surface area contributed by atoms with Gasteiger partial charge in [0.15, 0.2) is 0 Å². The third-order valence-electron chi connectivity index (χ3n) is 4.33. The van der Waals surface area contributed by atoms with E-state index in [4.69, 9.17) is 14.2 Å². The van der Waals surface area contributed by atoms with Crippen molar-refractivity contribution in [3.05, 3.63) is 35.4 Å². The van der Waals surface area contributed by atoms with Crippen LogP contribution >= 0.6 is 0 Å². The molecule has 2 aliphatic rings. The number of hydrogen-bond acceptors (Lipinski definition) is 7. The molecule has 8 nitrogen and oxygen atoms in total. The zero-order chi connectivity index (χ0) is 18.4. The maximum atomic E-state index is 12.7. The summed E-state index contributed by atoms with van der Waals surface area (Å²) in [6.45, 7) is 1.44. The highest BCUT2D eigenvalue weighted by atomic mass is 16.5. The molecule has 1 aromatic carbocycles. The molecule has 1 fully saturated rings. The molecule has 1 aromatic rings. The van der Waals surface area contributed by atoms with E-state index >= 15 is 0 Å². The second-order valence-electron chi connectivity index (χ2n) is 5.81. The minimum absolute atomic E-state index is 0.00966. The summed E-state index contributed by atoms with van der Waals surface area (Å²) < 4.78 is 16.1. The summed E-state index contributed by atoms with van der Waals surface area (Å²) in [6.07, 6.45) is 0.0193. The lowest BCUT2D eigenvalue weighted by atomic mass is 9.90. The molecule has 0 saturated carbocycles. The first-order valence-corrected chi connectivity index (χ1v) is 7.58. The van der Waals surface area contributed by atoms with Gasteiger partial charge in [0.05, 0.1) is 14.2 Å². The van der Waals surface area contributed by atoms with Gasteiger partial charge >= 0.3 is 0 Å². The number of methoxy groups -OCH3 is 2. The van der Waals surface area contributed by atoms with Gasteiger partial charge in [-0.3, -0.25) is 14.4 Å². The van der Waals surface area contributed by atoms with Crippen molar-refractivity contribution in [2.24, 2.45) is 0 Å². The highest BCUT2D eigenvalue weighted by Crippen LogP contribution is 2.44. The van der Waals surface area contributed by atoms with Crippen molar-refractivity contribution in [2.75, 3.05) is 14.2 Å². The lowest BCUT2D eigenvalue weighted by molar-refractivity contribution is -0.144. The largest absolute Gasteiger partial charge is 0.501 e. The molecule has 25 heavy (non-hydrogen) atoms. The molecule has 0 aliphatic carbocycles. The number of Topliss-reactive ketones (excluding diaryl/α,β-unsaturated/α-hetero) is 1. The van der Waals surface area contributed by atoms with Crippen LogP contribution in [0.3, 0.4) is 0 Å². The Bertz CT molecular complexity index is 797. The second-order valence-corrected chi connectivity index (χ2v) is 5.81. The van der Waals surface area contributed by atoms with Crippen LogP contribution in [-0.2, 0) is 24.7 Å². The number of likely N-dealkylation sites (tertiary alicyclic amines) is 1. The fraction of sp³-hybridized carbons (Fsp3) is 0.353. The van der Waals surface area contributed by atoms with E-state index in [1.54, 1.807) is 18.2 Å². The van der Waals surface area contributed by atoms with Gasteiger partial charge < -0.3 is 19.3 Å². The molecule has 2 aliphatic heterocycles. The van der Waals surface area contributed by atoms with Crippen LogP contribution in [0.5, 0.6) is 11.5 Å². The van der Waals surface area contributed by atoms with Crippen molar-refractivity contribution in [2.45, 2.75) is 25.4 Å². The number of hydrogen-bond donors (Lipinski definition) is 1. The van der Waals surface area contributed by atoms with Crippen molar-refractivity contribution in [1.82, 2.24) is 4.90 Å². The Morgan fingerprint density at radius 1 is 1.12 bits per heavy atom. The van der Waals surface area contributed by atoms with Gasteiger partial charge in [0.1, 0.15) is 11.5 Å². The Balaban J connectivity index is 2.04. The molecule has 2 heterocycles. The first kappa shape index (κ1) is 16.8. The summed E-state index contributed by atoms with van der Waals surface area (Å²) in [7, 11) is 2.91. The fourth-order valence-electron chi connectivity index (χ4n) is 2.94. The molecule has 2 amide bonds. The molecule has 0 radical (unpaired) electrons. The van der Waals surface area contributed by atoms with E-state index in [1.807, 2.05) is 0 Å². The molecule has 1 N–H and O–H groups in total. The Hall–Kier alpha value is -3.03. The summed E-state index contributed by atoms with van der Waals surface area (Å²) >= 11 is 0. The van der Waals surface area contributed by atoms with Gasteiger partial charge in [-0.05, 0) is 19.1 Å². The molecule has 1 unspecified atom stereocenters. The quantitative estimate of drug-likeness (QED) is 0.821. The Morgan fingerprint density at radius 2 is 1.76 bits per heavy atom. The topological polar surface area (TPSA) is 102 Å². The molecular formula is C17H17NO7. The van der Waals surface area contributed by atoms with E-state index in [9.17, 15) is 19.5 Å². The highest BCUT2D eigenvalue weighted by molar-refractivity contribution is 6.08.